The summed E-state index contributed by atoms with van der Waals surface area (Å²) in [4.78, 5) is 16.7. The molecule has 1 amide bonds. The first kappa shape index (κ1) is 15.4. The summed E-state index contributed by atoms with van der Waals surface area (Å²) in [5.41, 5.74) is 0. The molecule has 2 unspecified atom stereocenters. The van der Waals surface area contributed by atoms with E-state index in [0.717, 1.165) is 39.3 Å². The predicted molar refractivity (Wildman–Crippen MR) is 75.6 cm³/mol. The zero-order chi connectivity index (χ0) is 13.5. The Morgan fingerprint density at radius 3 is 2.39 bits per heavy atom. The van der Waals surface area contributed by atoms with E-state index in [9.17, 15) is 4.79 Å². The smallest absolute Gasteiger partial charge is 0.239 e. The van der Waals surface area contributed by atoms with E-state index in [1.54, 1.807) is 0 Å². The number of likely N-dealkylation sites (N-methyl/N-ethyl adjacent to an activating group) is 1. The van der Waals surface area contributed by atoms with Crippen LogP contribution in [-0.4, -0.2) is 61.0 Å². The lowest BCUT2D eigenvalue weighted by molar-refractivity contribution is -0.137. The van der Waals surface area contributed by atoms with E-state index in [1.165, 1.54) is 6.42 Å². The molecule has 1 fully saturated rings. The molecule has 1 N–H and O–H groups in total. The molecule has 0 saturated carbocycles. The van der Waals surface area contributed by atoms with E-state index in [2.05, 4.69) is 37.9 Å². The Hall–Kier alpha value is -0.610. The fourth-order valence-electron chi connectivity index (χ4n) is 2.40. The molecule has 0 aromatic rings. The molecule has 1 heterocycles. The van der Waals surface area contributed by atoms with Gasteiger partial charge < -0.3 is 10.2 Å². The summed E-state index contributed by atoms with van der Waals surface area (Å²) in [7, 11) is 0. The largest absolute Gasteiger partial charge is 0.339 e. The minimum Gasteiger partial charge on any atom is -0.339 e. The van der Waals surface area contributed by atoms with E-state index in [-0.39, 0.29) is 6.04 Å². The van der Waals surface area contributed by atoms with E-state index < -0.39 is 0 Å². The summed E-state index contributed by atoms with van der Waals surface area (Å²) in [6.07, 6.45) is 1.17. The standard InChI is InChI=1S/C14H29N3O/c1-5-12(3)11-16(6-2)13(4)14(18)17-9-7-15-8-10-17/h12-13,15H,5-11H2,1-4H3. The van der Waals surface area contributed by atoms with Gasteiger partial charge in [0, 0.05) is 32.7 Å². The first-order valence-electron chi connectivity index (χ1n) is 7.33. The molecule has 1 aliphatic rings. The lowest BCUT2D eigenvalue weighted by Crippen LogP contribution is -2.53. The average molecular weight is 255 g/mol. The Labute approximate surface area is 112 Å². The van der Waals surface area contributed by atoms with E-state index >= 15 is 0 Å². The Balaban J connectivity index is 2.53. The third-order valence-corrected chi connectivity index (χ3v) is 3.98. The number of nitrogens with one attached hydrogen (secondary N) is 1. The van der Waals surface area contributed by atoms with Crippen LogP contribution < -0.4 is 5.32 Å². The van der Waals surface area contributed by atoms with Crippen LogP contribution in [0.1, 0.15) is 34.1 Å². The number of carbonyl (C=O) groups is 1. The van der Waals surface area contributed by atoms with Gasteiger partial charge in [0.25, 0.3) is 0 Å². The van der Waals surface area contributed by atoms with Crippen LogP contribution in [0.3, 0.4) is 0 Å². The van der Waals surface area contributed by atoms with Crippen molar-refractivity contribution in [1.82, 2.24) is 15.1 Å². The second kappa shape index (κ2) is 7.74. The molecule has 1 rings (SSSR count). The Kier molecular flexibility index (Phi) is 6.65. The van der Waals surface area contributed by atoms with Crippen LogP contribution in [0.2, 0.25) is 0 Å². The monoisotopic (exact) mass is 255 g/mol. The first-order valence-corrected chi connectivity index (χ1v) is 7.33. The minimum atomic E-state index is 0.0158. The van der Waals surface area contributed by atoms with Gasteiger partial charge in [-0.2, -0.15) is 0 Å². The van der Waals surface area contributed by atoms with E-state index in [1.807, 2.05) is 4.90 Å². The van der Waals surface area contributed by atoms with Gasteiger partial charge in [0.1, 0.15) is 0 Å². The molecule has 0 aromatic heterocycles. The third kappa shape index (κ3) is 4.25. The van der Waals surface area contributed by atoms with Crippen molar-refractivity contribution < 1.29 is 4.79 Å². The number of piperazine rings is 1. The van der Waals surface area contributed by atoms with Crippen LogP contribution in [-0.2, 0) is 4.79 Å². The maximum absolute atomic E-state index is 12.4. The summed E-state index contributed by atoms with van der Waals surface area (Å²) in [6.45, 7) is 14.2. The van der Waals surface area contributed by atoms with Crippen molar-refractivity contribution in [2.24, 2.45) is 5.92 Å². The maximum Gasteiger partial charge on any atom is 0.239 e. The summed E-state index contributed by atoms with van der Waals surface area (Å²) in [6, 6.07) is 0.0158. The van der Waals surface area contributed by atoms with Gasteiger partial charge >= 0.3 is 0 Å². The Morgan fingerprint density at radius 2 is 1.89 bits per heavy atom. The Bertz CT molecular complexity index is 251. The highest BCUT2D eigenvalue weighted by molar-refractivity contribution is 5.81. The topological polar surface area (TPSA) is 35.6 Å². The fraction of sp³-hybridized carbons (Fsp3) is 0.929. The second-order valence-electron chi connectivity index (χ2n) is 5.35. The molecule has 2 atom stereocenters. The number of hydrogen-bond donors (Lipinski definition) is 1. The van der Waals surface area contributed by atoms with Crippen LogP contribution in [0.5, 0.6) is 0 Å². The molecule has 4 nitrogen and oxygen atoms in total. The van der Waals surface area contributed by atoms with Gasteiger partial charge in [-0.15, -0.1) is 0 Å². The van der Waals surface area contributed by atoms with Crippen molar-refractivity contribution in [2.75, 3.05) is 39.3 Å². The second-order valence-corrected chi connectivity index (χ2v) is 5.35. The number of carbonyl (C=O) groups excluding carboxylic acids is 1. The SMILES string of the molecule is CCC(C)CN(CC)C(C)C(=O)N1CCNCC1. The van der Waals surface area contributed by atoms with Crippen LogP contribution in [0.15, 0.2) is 0 Å². The van der Waals surface area contributed by atoms with Crippen molar-refractivity contribution in [3.63, 3.8) is 0 Å². The zero-order valence-electron chi connectivity index (χ0n) is 12.4. The number of rotatable bonds is 6. The van der Waals surface area contributed by atoms with Crippen LogP contribution in [0.25, 0.3) is 0 Å². The molecule has 1 saturated heterocycles. The molecule has 106 valence electrons. The molecule has 0 radical (unpaired) electrons. The Morgan fingerprint density at radius 1 is 1.28 bits per heavy atom. The number of amides is 1. The number of nitrogens with zero attached hydrogens (tertiary/aromatic N) is 2. The van der Waals surface area contributed by atoms with Crippen LogP contribution in [0, 0.1) is 5.92 Å². The molecular formula is C14H29N3O. The summed E-state index contributed by atoms with van der Waals surface area (Å²) < 4.78 is 0. The van der Waals surface area contributed by atoms with Gasteiger partial charge in [-0.3, -0.25) is 9.69 Å². The summed E-state index contributed by atoms with van der Waals surface area (Å²) in [5.74, 6) is 0.949. The van der Waals surface area contributed by atoms with Gasteiger partial charge in [0.2, 0.25) is 5.91 Å². The van der Waals surface area contributed by atoms with Crippen molar-refractivity contribution >= 4 is 5.91 Å². The van der Waals surface area contributed by atoms with Crippen molar-refractivity contribution in [3.05, 3.63) is 0 Å². The van der Waals surface area contributed by atoms with Crippen LogP contribution in [0.4, 0.5) is 0 Å². The van der Waals surface area contributed by atoms with Gasteiger partial charge in [0.15, 0.2) is 0 Å². The molecule has 1 aliphatic heterocycles. The lowest BCUT2D eigenvalue weighted by atomic mass is 10.1. The van der Waals surface area contributed by atoms with Gasteiger partial charge in [-0.1, -0.05) is 27.2 Å². The predicted octanol–water partition coefficient (Wildman–Crippen LogP) is 1.17. The normalized spacial score (nSPS) is 19.9. The van der Waals surface area contributed by atoms with Gasteiger partial charge in [-0.25, -0.2) is 0 Å². The van der Waals surface area contributed by atoms with E-state index in [4.69, 9.17) is 0 Å². The van der Waals surface area contributed by atoms with Gasteiger partial charge in [0.05, 0.1) is 6.04 Å². The molecular weight excluding hydrogens is 226 g/mol. The number of hydrogen-bond acceptors (Lipinski definition) is 3. The lowest BCUT2D eigenvalue weighted by Gasteiger charge is -2.35. The minimum absolute atomic E-state index is 0.0158. The summed E-state index contributed by atoms with van der Waals surface area (Å²) in [5, 5.41) is 3.29. The molecule has 0 aliphatic carbocycles. The molecule has 0 spiro atoms. The maximum atomic E-state index is 12.4. The van der Waals surface area contributed by atoms with Crippen molar-refractivity contribution in [1.29, 1.82) is 0 Å². The highest BCUT2D eigenvalue weighted by atomic mass is 16.2. The third-order valence-electron chi connectivity index (χ3n) is 3.98. The molecule has 0 aromatic carbocycles. The van der Waals surface area contributed by atoms with E-state index in [0.29, 0.717) is 11.8 Å². The molecule has 18 heavy (non-hydrogen) atoms. The summed E-state index contributed by atoms with van der Waals surface area (Å²) >= 11 is 0. The van der Waals surface area contributed by atoms with Gasteiger partial charge in [-0.05, 0) is 19.4 Å². The fourth-order valence-corrected chi connectivity index (χ4v) is 2.40. The highest BCUT2D eigenvalue weighted by Gasteiger charge is 2.26. The average Bonchev–Trinajstić information content (AvgIpc) is 2.43. The quantitative estimate of drug-likeness (QED) is 0.774. The zero-order valence-corrected chi connectivity index (χ0v) is 12.4. The van der Waals surface area contributed by atoms with Crippen molar-refractivity contribution in [3.8, 4) is 0 Å². The molecule has 0 bridgehead atoms. The van der Waals surface area contributed by atoms with Crippen LogP contribution >= 0.6 is 0 Å². The molecule has 4 heteroatoms. The highest BCUT2D eigenvalue weighted by Crippen LogP contribution is 2.10. The van der Waals surface area contributed by atoms with Crippen molar-refractivity contribution in [2.45, 2.75) is 40.2 Å². The first-order chi connectivity index (χ1) is 8.60.